The van der Waals surface area contributed by atoms with E-state index in [9.17, 15) is 9.18 Å². The zero-order chi connectivity index (χ0) is 17.3. The fourth-order valence-corrected chi connectivity index (χ4v) is 2.55. The van der Waals surface area contributed by atoms with Gasteiger partial charge in [-0.05, 0) is 47.5 Å². The average Bonchev–Trinajstić information content (AvgIpc) is 2.53. The molecule has 0 fully saturated rings. The van der Waals surface area contributed by atoms with Gasteiger partial charge in [0.25, 0.3) is 5.91 Å². The number of guanidine groups is 1. The number of pyridine rings is 1. The van der Waals surface area contributed by atoms with Crippen molar-refractivity contribution in [3.05, 3.63) is 65.7 Å². The van der Waals surface area contributed by atoms with Crippen LogP contribution in [-0.4, -0.2) is 16.9 Å². The third-order valence-corrected chi connectivity index (χ3v) is 3.64. The molecule has 0 atom stereocenters. The molecule has 0 aliphatic heterocycles. The Bertz CT molecular complexity index is 978. The van der Waals surface area contributed by atoms with Gasteiger partial charge >= 0.3 is 0 Å². The van der Waals surface area contributed by atoms with E-state index in [1.54, 1.807) is 43.3 Å². The van der Waals surface area contributed by atoms with E-state index in [4.69, 9.17) is 11.5 Å². The number of fused-ring (bicyclic) bond motifs is 1. The lowest BCUT2D eigenvalue weighted by Gasteiger charge is -2.09. The summed E-state index contributed by atoms with van der Waals surface area (Å²) in [5, 5.41) is 1.59. The highest BCUT2D eigenvalue weighted by Gasteiger charge is 2.12. The van der Waals surface area contributed by atoms with Gasteiger partial charge in [-0.25, -0.2) is 4.98 Å². The molecule has 3 aromatic rings. The van der Waals surface area contributed by atoms with E-state index in [1.165, 1.54) is 0 Å². The normalized spacial score (nSPS) is 10.6. The minimum absolute atomic E-state index is 0.304. The summed E-state index contributed by atoms with van der Waals surface area (Å²) in [7, 11) is 0. The number of carbonyl (C=O) groups excluding carboxylic acids is 1. The number of aryl methyl sites for hydroxylation is 1. The summed E-state index contributed by atoms with van der Waals surface area (Å²) in [6, 6.07) is 14.0. The Morgan fingerprint density at radius 3 is 2.58 bits per heavy atom. The van der Waals surface area contributed by atoms with Crippen molar-refractivity contribution in [2.75, 3.05) is 0 Å². The first-order valence-electron chi connectivity index (χ1n) is 7.26. The maximum absolute atomic E-state index is 14.3. The van der Waals surface area contributed by atoms with Crippen LogP contribution in [0.2, 0.25) is 0 Å². The summed E-state index contributed by atoms with van der Waals surface area (Å²) >= 11 is 0. The summed E-state index contributed by atoms with van der Waals surface area (Å²) in [6.45, 7) is 1.72. The van der Waals surface area contributed by atoms with Gasteiger partial charge in [-0.1, -0.05) is 24.3 Å². The van der Waals surface area contributed by atoms with Gasteiger partial charge in [-0.3, -0.25) is 4.79 Å². The number of hydrogen-bond donors (Lipinski definition) is 2. The van der Waals surface area contributed by atoms with Gasteiger partial charge in [-0.15, -0.1) is 0 Å². The van der Waals surface area contributed by atoms with Crippen molar-refractivity contribution >= 4 is 22.6 Å². The van der Waals surface area contributed by atoms with E-state index >= 15 is 0 Å². The average molecular weight is 322 g/mol. The quantitative estimate of drug-likeness (QED) is 0.431. The summed E-state index contributed by atoms with van der Waals surface area (Å²) < 4.78 is 14.3. The fourth-order valence-electron chi connectivity index (χ4n) is 2.55. The van der Waals surface area contributed by atoms with Gasteiger partial charge in [0.1, 0.15) is 0 Å². The van der Waals surface area contributed by atoms with E-state index in [2.05, 4.69) is 9.98 Å². The molecule has 24 heavy (non-hydrogen) atoms. The van der Waals surface area contributed by atoms with Crippen molar-refractivity contribution in [2.45, 2.75) is 6.92 Å². The second-order valence-corrected chi connectivity index (χ2v) is 5.37. The molecule has 5 nitrogen and oxygen atoms in total. The molecular weight excluding hydrogens is 307 g/mol. The molecule has 6 heteroatoms. The Labute approximate surface area is 137 Å². The Hall–Kier alpha value is -3.28. The number of nitrogens with zero attached hydrogens (tertiary/aromatic N) is 2. The predicted molar refractivity (Wildman–Crippen MR) is 92.0 cm³/mol. The topological polar surface area (TPSA) is 94.4 Å². The van der Waals surface area contributed by atoms with Crippen LogP contribution < -0.4 is 11.5 Å². The number of hydrogen-bond acceptors (Lipinski definition) is 2. The van der Waals surface area contributed by atoms with Gasteiger partial charge in [0, 0.05) is 16.8 Å². The Kier molecular flexibility index (Phi) is 3.95. The molecule has 0 aliphatic carbocycles. The second-order valence-electron chi connectivity index (χ2n) is 5.37. The number of rotatable bonds is 2. The lowest BCUT2D eigenvalue weighted by molar-refractivity contribution is 0.100. The van der Waals surface area contributed by atoms with Crippen LogP contribution in [0.5, 0.6) is 0 Å². The first kappa shape index (κ1) is 15.6. The molecule has 4 N–H and O–H groups in total. The van der Waals surface area contributed by atoms with Crippen LogP contribution in [0.15, 0.2) is 53.5 Å². The van der Waals surface area contributed by atoms with Crippen molar-refractivity contribution in [3.8, 4) is 11.1 Å². The number of nitrogens with two attached hydrogens (primary N) is 2. The summed E-state index contributed by atoms with van der Waals surface area (Å²) in [5.41, 5.74) is 12.4. The first-order chi connectivity index (χ1) is 11.5. The van der Waals surface area contributed by atoms with Crippen molar-refractivity contribution in [1.29, 1.82) is 0 Å². The van der Waals surface area contributed by atoms with Gasteiger partial charge in [0.05, 0.1) is 0 Å². The number of aliphatic imine (C=N–C) groups is 1. The summed E-state index contributed by atoms with van der Waals surface area (Å²) in [4.78, 5) is 19.4. The minimum atomic E-state index is -0.552. The van der Waals surface area contributed by atoms with Crippen LogP contribution >= 0.6 is 0 Å². The number of amides is 1. The van der Waals surface area contributed by atoms with Crippen molar-refractivity contribution in [1.82, 2.24) is 4.98 Å². The molecule has 0 unspecified atom stereocenters. The number of halogens is 1. The predicted octanol–water partition coefficient (Wildman–Crippen LogP) is 2.76. The van der Waals surface area contributed by atoms with E-state index < -0.39 is 11.9 Å². The largest absolute Gasteiger partial charge is 0.370 e. The van der Waals surface area contributed by atoms with Crippen molar-refractivity contribution < 1.29 is 9.18 Å². The maximum atomic E-state index is 14.3. The number of carbonyl (C=O) groups is 1. The molecule has 0 saturated heterocycles. The Balaban J connectivity index is 2.22. The molecule has 120 valence electrons. The van der Waals surface area contributed by atoms with Gasteiger partial charge < -0.3 is 11.5 Å². The third-order valence-electron chi connectivity index (χ3n) is 3.64. The molecule has 2 aromatic carbocycles. The molecule has 0 saturated carbocycles. The molecular formula is C18H15FN4O. The lowest BCUT2D eigenvalue weighted by Crippen LogP contribution is -2.24. The Morgan fingerprint density at radius 2 is 1.88 bits per heavy atom. The van der Waals surface area contributed by atoms with Gasteiger partial charge in [0.15, 0.2) is 5.96 Å². The highest BCUT2D eigenvalue weighted by atomic mass is 19.1. The molecule has 1 heterocycles. The first-order valence-corrected chi connectivity index (χ1v) is 7.26. The highest BCUT2D eigenvalue weighted by Crippen LogP contribution is 2.30. The zero-order valence-corrected chi connectivity index (χ0v) is 13.0. The fraction of sp³-hybridized carbons (Fsp3) is 0.0556. The summed E-state index contributed by atoms with van der Waals surface area (Å²) in [6.07, 6.45) is 0. The molecule has 0 aliphatic rings. The maximum Gasteiger partial charge on any atom is 0.280 e. The standard InChI is InChI=1S/C18H15FN4O/c1-10-5-8-14(16(19)22-10)13-4-2-3-11-6-7-12(9-15(11)13)17(24)23-18(20)21/h2-9H,1H3,(H4,20,21,23,24). The van der Waals surface area contributed by atoms with E-state index in [-0.39, 0.29) is 5.96 Å². The van der Waals surface area contributed by atoms with Crippen molar-refractivity contribution in [3.63, 3.8) is 0 Å². The van der Waals surface area contributed by atoms with Crippen LogP contribution in [0, 0.1) is 12.9 Å². The number of benzene rings is 2. The van der Waals surface area contributed by atoms with Crippen LogP contribution in [0.1, 0.15) is 16.1 Å². The monoisotopic (exact) mass is 322 g/mol. The Morgan fingerprint density at radius 1 is 1.08 bits per heavy atom. The highest BCUT2D eigenvalue weighted by molar-refractivity contribution is 6.06. The van der Waals surface area contributed by atoms with Crippen LogP contribution in [0.3, 0.4) is 0 Å². The van der Waals surface area contributed by atoms with Crippen LogP contribution in [-0.2, 0) is 0 Å². The van der Waals surface area contributed by atoms with Crippen LogP contribution in [0.25, 0.3) is 21.9 Å². The lowest BCUT2D eigenvalue weighted by atomic mass is 9.97. The molecule has 3 rings (SSSR count). The zero-order valence-electron chi connectivity index (χ0n) is 13.0. The van der Waals surface area contributed by atoms with E-state index in [0.29, 0.717) is 22.4 Å². The molecule has 0 radical (unpaired) electrons. The summed E-state index contributed by atoms with van der Waals surface area (Å²) in [5.74, 6) is -1.40. The molecule has 1 aromatic heterocycles. The van der Waals surface area contributed by atoms with E-state index in [0.717, 1.165) is 10.8 Å². The van der Waals surface area contributed by atoms with Crippen molar-refractivity contribution in [2.24, 2.45) is 16.5 Å². The molecule has 1 amide bonds. The van der Waals surface area contributed by atoms with Gasteiger partial charge in [0.2, 0.25) is 5.95 Å². The third kappa shape index (κ3) is 2.94. The SMILES string of the molecule is Cc1ccc(-c2cccc3ccc(C(=O)N=C(N)N)cc23)c(F)n1. The second kappa shape index (κ2) is 6.08. The molecule has 0 spiro atoms. The number of aromatic nitrogens is 1. The van der Waals surface area contributed by atoms with E-state index in [1.807, 2.05) is 12.1 Å². The van der Waals surface area contributed by atoms with Crippen LogP contribution in [0.4, 0.5) is 4.39 Å². The minimum Gasteiger partial charge on any atom is -0.370 e. The molecule has 0 bridgehead atoms. The smallest absolute Gasteiger partial charge is 0.280 e. The van der Waals surface area contributed by atoms with Gasteiger partial charge in [-0.2, -0.15) is 9.38 Å².